The van der Waals surface area contributed by atoms with Crippen molar-refractivity contribution in [1.29, 1.82) is 0 Å². The number of nitrogens with one attached hydrogen (secondary N) is 1. The summed E-state index contributed by atoms with van der Waals surface area (Å²) >= 11 is 1.70. The number of carbonyl (C=O) groups excluding carboxylic acids is 1. The average Bonchev–Trinajstić information content (AvgIpc) is 3.05. The Kier molecular flexibility index (Phi) is 5.47. The van der Waals surface area contributed by atoms with Gasteiger partial charge in [0.15, 0.2) is 0 Å². The van der Waals surface area contributed by atoms with Crippen LogP contribution in [0.2, 0.25) is 0 Å². The number of rotatable bonds is 4. The van der Waals surface area contributed by atoms with Gasteiger partial charge in [0.2, 0.25) is 5.91 Å². The number of carbonyl (C=O) groups is 1. The van der Waals surface area contributed by atoms with Crippen LogP contribution < -0.4 is 5.32 Å². The molecule has 0 aliphatic carbocycles. The Bertz CT molecular complexity index is 425. The molecule has 0 saturated carbocycles. The van der Waals surface area contributed by atoms with Crippen LogP contribution in [0.5, 0.6) is 0 Å². The number of halogens is 1. The number of hydrogen-bond acceptors (Lipinski definition) is 3. The largest absolute Gasteiger partial charge is 0.343 e. The Morgan fingerprint density at radius 1 is 1.40 bits per heavy atom. The number of nitrogens with zero attached hydrogens (tertiary/aromatic N) is 1. The Labute approximate surface area is 131 Å². The standard InChI is InChI=1S/C15H22N2OS.ClH/c1-17(14-8-12-3-4-13(9-14)16-12)15(18)5-2-11-6-7-19-10-11;/h6-7,10,12-14,16H,2-5,8-9H2,1H3;1H. The minimum absolute atomic E-state index is 0. The lowest BCUT2D eigenvalue weighted by molar-refractivity contribution is -0.132. The molecule has 0 spiro atoms. The van der Waals surface area contributed by atoms with Crippen molar-refractivity contribution in [1.82, 2.24) is 10.2 Å². The highest BCUT2D eigenvalue weighted by atomic mass is 35.5. The summed E-state index contributed by atoms with van der Waals surface area (Å²) in [5.41, 5.74) is 1.29. The number of piperidine rings is 1. The zero-order chi connectivity index (χ0) is 13.2. The number of fused-ring (bicyclic) bond motifs is 2. The lowest BCUT2D eigenvalue weighted by atomic mass is 9.98. The molecule has 2 fully saturated rings. The first-order valence-corrected chi connectivity index (χ1v) is 8.19. The van der Waals surface area contributed by atoms with Crippen LogP contribution in [0, 0.1) is 0 Å². The second-order valence-corrected chi connectivity index (χ2v) is 6.68. The van der Waals surface area contributed by atoms with Gasteiger partial charge in [0.25, 0.3) is 0 Å². The van der Waals surface area contributed by atoms with Gasteiger partial charge in [0.05, 0.1) is 0 Å². The number of hydrogen-bond donors (Lipinski definition) is 1. The lowest BCUT2D eigenvalue weighted by Crippen LogP contribution is -2.48. The highest BCUT2D eigenvalue weighted by Crippen LogP contribution is 2.29. The molecule has 5 heteroatoms. The van der Waals surface area contributed by atoms with Gasteiger partial charge in [0, 0.05) is 31.6 Å². The SMILES string of the molecule is CN(C(=O)CCc1ccsc1)C1CC2CCC(C1)N2.Cl. The molecule has 2 aliphatic rings. The molecule has 3 rings (SSSR count). The predicted octanol–water partition coefficient (Wildman–Crippen LogP) is 2.84. The first-order valence-electron chi connectivity index (χ1n) is 7.25. The molecule has 1 N–H and O–H groups in total. The van der Waals surface area contributed by atoms with E-state index in [-0.39, 0.29) is 12.4 Å². The molecule has 2 saturated heterocycles. The van der Waals surface area contributed by atoms with Gasteiger partial charge in [-0.3, -0.25) is 4.79 Å². The van der Waals surface area contributed by atoms with Crippen LogP contribution in [0.4, 0.5) is 0 Å². The normalized spacial score (nSPS) is 27.9. The number of aryl methyl sites for hydroxylation is 1. The van der Waals surface area contributed by atoms with Gasteiger partial charge in [-0.25, -0.2) is 0 Å². The third kappa shape index (κ3) is 3.54. The molecule has 2 atom stereocenters. The minimum Gasteiger partial charge on any atom is -0.343 e. The Balaban J connectivity index is 0.00000147. The summed E-state index contributed by atoms with van der Waals surface area (Å²) in [5, 5.41) is 7.85. The smallest absolute Gasteiger partial charge is 0.222 e. The fourth-order valence-corrected chi connectivity index (χ4v) is 4.11. The van der Waals surface area contributed by atoms with Gasteiger partial charge in [-0.05, 0) is 54.5 Å². The summed E-state index contributed by atoms with van der Waals surface area (Å²) in [5.74, 6) is 0.303. The van der Waals surface area contributed by atoms with Gasteiger partial charge in [0.1, 0.15) is 0 Å². The molecule has 1 aromatic heterocycles. The lowest BCUT2D eigenvalue weighted by Gasteiger charge is -2.35. The average molecular weight is 315 g/mol. The zero-order valence-electron chi connectivity index (χ0n) is 11.9. The maximum Gasteiger partial charge on any atom is 0.222 e. The van der Waals surface area contributed by atoms with Crippen LogP contribution in [0.15, 0.2) is 16.8 Å². The van der Waals surface area contributed by atoms with Crippen LogP contribution in [0.25, 0.3) is 0 Å². The van der Waals surface area contributed by atoms with Crippen LogP contribution in [0.1, 0.15) is 37.7 Å². The van der Waals surface area contributed by atoms with Crippen molar-refractivity contribution < 1.29 is 4.79 Å². The van der Waals surface area contributed by atoms with Crippen molar-refractivity contribution in [3.05, 3.63) is 22.4 Å². The van der Waals surface area contributed by atoms with Crippen LogP contribution in [-0.2, 0) is 11.2 Å². The van der Waals surface area contributed by atoms with E-state index in [0.29, 0.717) is 30.5 Å². The fraction of sp³-hybridized carbons (Fsp3) is 0.667. The van der Waals surface area contributed by atoms with E-state index < -0.39 is 0 Å². The third-order valence-corrected chi connectivity index (χ3v) is 5.33. The Morgan fingerprint density at radius 2 is 2.10 bits per heavy atom. The van der Waals surface area contributed by atoms with Gasteiger partial charge in [-0.1, -0.05) is 0 Å². The second-order valence-electron chi connectivity index (χ2n) is 5.90. The molecule has 0 aromatic carbocycles. The molecule has 2 aliphatic heterocycles. The van der Waals surface area contributed by atoms with Crippen molar-refractivity contribution >= 4 is 29.7 Å². The highest BCUT2D eigenvalue weighted by molar-refractivity contribution is 7.07. The maximum absolute atomic E-state index is 12.3. The highest BCUT2D eigenvalue weighted by Gasteiger charge is 2.36. The summed E-state index contributed by atoms with van der Waals surface area (Å²) in [4.78, 5) is 14.3. The summed E-state index contributed by atoms with van der Waals surface area (Å²) < 4.78 is 0. The summed E-state index contributed by atoms with van der Waals surface area (Å²) in [6.07, 6.45) is 6.38. The molecule has 2 bridgehead atoms. The third-order valence-electron chi connectivity index (χ3n) is 4.60. The van der Waals surface area contributed by atoms with Crippen LogP contribution in [0.3, 0.4) is 0 Å². The van der Waals surface area contributed by atoms with Gasteiger partial charge < -0.3 is 10.2 Å². The maximum atomic E-state index is 12.3. The summed E-state index contributed by atoms with van der Waals surface area (Å²) in [6, 6.07) is 3.86. The van der Waals surface area contributed by atoms with E-state index in [1.807, 2.05) is 11.9 Å². The van der Waals surface area contributed by atoms with E-state index in [2.05, 4.69) is 22.1 Å². The fourth-order valence-electron chi connectivity index (χ4n) is 3.41. The monoisotopic (exact) mass is 314 g/mol. The van der Waals surface area contributed by atoms with Crippen molar-refractivity contribution in [2.45, 2.75) is 56.7 Å². The van der Waals surface area contributed by atoms with Crippen LogP contribution >= 0.6 is 23.7 Å². The second kappa shape index (κ2) is 6.92. The van der Waals surface area contributed by atoms with E-state index in [9.17, 15) is 4.79 Å². The molecule has 3 heterocycles. The first kappa shape index (κ1) is 15.8. The summed E-state index contributed by atoms with van der Waals surface area (Å²) in [7, 11) is 1.99. The van der Waals surface area contributed by atoms with E-state index >= 15 is 0 Å². The van der Waals surface area contributed by atoms with Crippen molar-refractivity contribution in [3.63, 3.8) is 0 Å². The van der Waals surface area contributed by atoms with Crippen molar-refractivity contribution in [2.24, 2.45) is 0 Å². The van der Waals surface area contributed by atoms with Gasteiger partial charge >= 0.3 is 0 Å². The Hall–Kier alpha value is -0.580. The van der Waals surface area contributed by atoms with E-state index in [1.165, 1.54) is 18.4 Å². The summed E-state index contributed by atoms with van der Waals surface area (Å²) in [6.45, 7) is 0. The molecular weight excluding hydrogens is 292 g/mol. The van der Waals surface area contributed by atoms with E-state index in [1.54, 1.807) is 11.3 Å². The van der Waals surface area contributed by atoms with E-state index in [4.69, 9.17) is 0 Å². The topological polar surface area (TPSA) is 32.3 Å². The number of thiophene rings is 1. The minimum atomic E-state index is 0. The van der Waals surface area contributed by atoms with Crippen molar-refractivity contribution in [3.8, 4) is 0 Å². The van der Waals surface area contributed by atoms with Crippen molar-refractivity contribution in [2.75, 3.05) is 7.05 Å². The van der Waals surface area contributed by atoms with Gasteiger partial charge in [-0.15, -0.1) is 12.4 Å². The van der Waals surface area contributed by atoms with E-state index in [0.717, 1.165) is 19.3 Å². The molecular formula is C15H23ClN2OS. The molecule has 20 heavy (non-hydrogen) atoms. The molecule has 1 aromatic rings. The number of amides is 1. The van der Waals surface area contributed by atoms with Crippen LogP contribution in [-0.4, -0.2) is 36.0 Å². The first-order chi connectivity index (χ1) is 9.22. The molecule has 3 nitrogen and oxygen atoms in total. The molecule has 112 valence electrons. The molecule has 2 unspecified atom stereocenters. The quantitative estimate of drug-likeness (QED) is 0.927. The predicted molar refractivity (Wildman–Crippen MR) is 85.6 cm³/mol. The van der Waals surface area contributed by atoms with Gasteiger partial charge in [-0.2, -0.15) is 11.3 Å². The Morgan fingerprint density at radius 3 is 2.70 bits per heavy atom. The molecule has 0 radical (unpaired) electrons. The zero-order valence-corrected chi connectivity index (χ0v) is 13.5. The molecule has 1 amide bonds.